The minimum atomic E-state index is -4.74. The van der Waals surface area contributed by atoms with Crippen molar-refractivity contribution in [2.75, 3.05) is 14.1 Å². The third-order valence-electron chi connectivity index (χ3n) is 1.42. The summed E-state index contributed by atoms with van der Waals surface area (Å²) < 4.78 is 38.9. The standard InChI is InChI=1S/C8H12F3NO2/c1-4-6(14-8(9,10)11)5-7(13)12(2)3/h4,6H,1,5H2,2-3H3. The van der Waals surface area contributed by atoms with E-state index >= 15 is 0 Å². The predicted molar refractivity (Wildman–Crippen MR) is 44.4 cm³/mol. The van der Waals surface area contributed by atoms with Gasteiger partial charge in [0, 0.05) is 14.1 Å². The fourth-order valence-corrected chi connectivity index (χ4v) is 0.699. The summed E-state index contributed by atoms with van der Waals surface area (Å²) in [5.74, 6) is -0.445. The van der Waals surface area contributed by atoms with Gasteiger partial charge in [-0.1, -0.05) is 6.08 Å². The average molecular weight is 211 g/mol. The number of carbonyl (C=O) groups is 1. The molecule has 0 saturated heterocycles. The van der Waals surface area contributed by atoms with Gasteiger partial charge in [-0.25, -0.2) is 0 Å². The van der Waals surface area contributed by atoms with Gasteiger partial charge >= 0.3 is 6.36 Å². The van der Waals surface area contributed by atoms with E-state index < -0.39 is 18.4 Å². The van der Waals surface area contributed by atoms with Crippen LogP contribution < -0.4 is 0 Å². The highest BCUT2D eigenvalue weighted by Crippen LogP contribution is 2.20. The van der Waals surface area contributed by atoms with Gasteiger partial charge in [-0.2, -0.15) is 0 Å². The Kier molecular flexibility index (Phi) is 4.62. The van der Waals surface area contributed by atoms with Crippen molar-refractivity contribution in [3.05, 3.63) is 12.7 Å². The van der Waals surface area contributed by atoms with Gasteiger partial charge in [-0.05, 0) is 0 Å². The predicted octanol–water partition coefficient (Wildman–Crippen LogP) is 1.56. The second-order valence-corrected chi connectivity index (χ2v) is 2.83. The van der Waals surface area contributed by atoms with Crippen LogP contribution in [0.1, 0.15) is 6.42 Å². The Hall–Kier alpha value is -1.04. The first-order chi connectivity index (χ1) is 6.26. The van der Waals surface area contributed by atoms with Crippen molar-refractivity contribution in [2.24, 2.45) is 0 Å². The molecular weight excluding hydrogens is 199 g/mol. The van der Waals surface area contributed by atoms with Crippen LogP contribution in [0.15, 0.2) is 12.7 Å². The van der Waals surface area contributed by atoms with Crippen LogP contribution in [0.2, 0.25) is 0 Å². The molecule has 6 heteroatoms. The molecule has 0 spiro atoms. The molecule has 0 fully saturated rings. The van der Waals surface area contributed by atoms with E-state index in [4.69, 9.17) is 0 Å². The lowest BCUT2D eigenvalue weighted by Gasteiger charge is -2.17. The van der Waals surface area contributed by atoms with E-state index in [1.807, 2.05) is 0 Å². The van der Waals surface area contributed by atoms with E-state index in [9.17, 15) is 18.0 Å². The summed E-state index contributed by atoms with van der Waals surface area (Å²) in [6.45, 7) is 3.16. The summed E-state index contributed by atoms with van der Waals surface area (Å²) in [6, 6.07) is 0. The van der Waals surface area contributed by atoms with Crippen molar-refractivity contribution < 1.29 is 22.7 Å². The second-order valence-electron chi connectivity index (χ2n) is 2.83. The molecule has 0 bridgehead atoms. The summed E-state index contributed by atoms with van der Waals surface area (Å²) in [5.41, 5.74) is 0. The molecule has 1 atom stereocenters. The Morgan fingerprint density at radius 1 is 1.57 bits per heavy atom. The quantitative estimate of drug-likeness (QED) is 0.660. The zero-order chi connectivity index (χ0) is 11.4. The molecular formula is C8H12F3NO2. The van der Waals surface area contributed by atoms with Crippen LogP contribution in [0.3, 0.4) is 0 Å². The molecule has 1 amide bonds. The molecule has 0 radical (unpaired) electrons. The van der Waals surface area contributed by atoms with Gasteiger partial charge in [0.1, 0.15) is 0 Å². The summed E-state index contributed by atoms with van der Waals surface area (Å²) in [4.78, 5) is 12.2. The van der Waals surface area contributed by atoms with Crippen molar-refractivity contribution in [1.29, 1.82) is 0 Å². The Bertz CT molecular complexity index is 213. The highest BCUT2D eigenvalue weighted by molar-refractivity contribution is 5.76. The first kappa shape index (κ1) is 13.0. The van der Waals surface area contributed by atoms with Crippen LogP contribution in [0.5, 0.6) is 0 Å². The molecule has 0 aromatic rings. The first-order valence-corrected chi connectivity index (χ1v) is 3.83. The number of nitrogens with zero attached hydrogens (tertiary/aromatic N) is 1. The van der Waals surface area contributed by atoms with Gasteiger partial charge < -0.3 is 4.90 Å². The summed E-state index contributed by atoms with van der Waals surface area (Å²) in [6.07, 6.45) is -5.49. The monoisotopic (exact) mass is 211 g/mol. The van der Waals surface area contributed by atoms with Crippen molar-refractivity contribution in [2.45, 2.75) is 18.9 Å². The number of amides is 1. The molecule has 0 aliphatic heterocycles. The highest BCUT2D eigenvalue weighted by Gasteiger charge is 2.33. The SMILES string of the molecule is C=CC(CC(=O)N(C)C)OC(F)(F)F. The topological polar surface area (TPSA) is 29.5 Å². The summed E-state index contributed by atoms with van der Waals surface area (Å²) >= 11 is 0. The molecule has 3 nitrogen and oxygen atoms in total. The van der Waals surface area contributed by atoms with E-state index in [-0.39, 0.29) is 6.42 Å². The van der Waals surface area contributed by atoms with Crippen LogP contribution >= 0.6 is 0 Å². The molecule has 82 valence electrons. The van der Waals surface area contributed by atoms with E-state index in [0.29, 0.717) is 0 Å². The van der Waals surface area contributed by atoms with Crippen molar-refractivity contribution in [1.82, 2.24) is 4.90 Å². The lowest BCUT2D eigenvalue weighted by molar-refractivity contribution is -0.336. The highest BCUT2D eigenvalue weighted by atomic mass is 19.4. The number of hydrogen-bond acceptors (Lipinski definition) is 2. The number of hydrogen-bond donors (Lipinski definition) is 0. The van der Waals surface area contributed by atoms with Crippen molar-refractivity contribution in [3.63, 3.8) is 0 Å². The minimum Gasteiger partial charge on any atom is -0.349 e. The fraction of sp³-hybridized carbons (Fsp3) is 0.625. The van der Waals surface area contributed by atoms with Gasteiger partial charge in [0.15, 0.2) is 0 Å². The van der Waals surface area contributed by atoms with Gasteiger partial charge in [0.25, 0.3) is 0 Å². The molecule has 0 aromatic heterocycles. The number of carbonyl (C=O) groups excluding carboxylic acids is 1. The van der Waals surface area contributed by atoms with Crippen molar-refractivity contribution in [3.8, 4) is 0 Å². The average Bonchev–Trinajstić information content (AvgIpc) is 2.00. The lowest BCUT2D eigenvalue weighted by Crippen LogP contribution is -2.30. The smallest absolute Gasteiger partial charge is 0.349 e. The maximum absolute atomic E-state index is 11.7. The molecule has 0 aromatic carbocycles. The Balaban J connectivity index is 4.17. The van der Waals surface area contributed by atoms with E-state index in [2.05, 4.69) is 11.3 Å². The molecule has 0 aliphatic carbocycles. The zero-order valence-corrected chi connectivity index (χ0v) is 7.97. The first-order valence-electron chi connectivity index (χ1n) is 3.83. The maximum atomic E-state index is 11.7. The van der Waals surface area contributed by atoms with E-state index in [1.165, 1.54) is 19.0 Å². The van der Waals surface area contributed by atoms with Crippen LogP contribution in [0, 0.1) is 0 Å². The molecule has 0 rings (SSSR count). The van der Waals surface area contributed by atoms with Crippen LogP contribution in [-0.2, 0) is 9.53 Å². The minimum absolute atomic E-state index is 0.365. The normalized spacial score (nSPS) is 13.5. The van der Waals surface area contributed by atoms with Gasteiger partial charge in [-0.15, -0.1) is 19.8 Å². The zero-order valence-electron chi connectivity index (χ0n) is 7.97. The molecule has 0 heterocycles. The number of alkyl halides is 3. The maximum Gasteiger partial charge on any atom is 0.523 e. The van der Waals surface area contributed by atoms with Crippen LogP contribution in [0.4, 0.5) is 13.2 Å². The molecule has 14 heavy (non-hydrogen) atoms. The van der Waals surface area contributed by atoms with Gasteiger partial charge in [0.2, 0.25) is 5.91 Å². The van der Waals surface area contributed by atoms with Crippen molar-refractivity contribution >= 4 is 5.91 Å². The largest absolute Gasteiger partial charge is 0.523 e. The number of ether oxygens (including phenoxy) is 1. The molecule has 1 unspecified atom stereocenters. The van der Waals surface area contributed by atoms with Crippen LogP contribution in [-0.4, -0.2) is 37.4 Å². The second kappa shape index (κ2) is 4.99. The Labute approximate surface area is 80.1 Å². The van der Waals surface area contributed by atoms with Gasteiger partial charge in [-0.3, -0.25) is 9.53 Å². The van der Waals surface area contributed by atoms with E-state index in [0.717, 1.165) is 6.08 Å². The molecule has 0 N–H and O–H groups in total. The molecule has 0 saturated carbocycles. The Morgan fingerprint density at radius 2 is 2.07 bits per heavy atom. The summed E-state index contributed by atoms with van der Waals surface area (Å²) in [7, 11) is 2.91. The number of rotatable bonds is 4. The fourth-order valence-electron chi connectivity index (χ4n) is 0.699. The number of halogens is 3. The summed E-state index contributed by atoms with van der Waals surface area (Å²) in [5, 5.41) is 0. The lowest BCUT2D eigenvalue weighted by atomic mass is 10.2. The van der Waals surface area contributed by atoms with Crippen LogP contribution in [0.25, 0.3) is 0 Å². The Morgan fingerprint density at radius 3 is 2.36 bits per heavy atom. The van der Waals surface area contributed by atoms with E-state index in [1.54, 1.807) is 0 Å². The molecule has 0 aliphatic rings. The third-order valence-corrected chi connectivity index (χ3v) is 1.42. The van der Waals surface area contributed by atoms with Gasteiger partial charge in [0.05, 0.1) is 12.5 Å². The third kappa shape index (κ3) is 5.58.